The van der Waals surface area contributed by atoms with E-state index in [9.17, 15) is 0 Å². The van der Waals surface area contributed by atoms with Crippen LogP contribution in [-0.2, 0) is 0 Å². The SMILES string of the molecule is CCNc1nc(-c2csc(C)n2)nc2c(C)cccc12. The molecule has 2 heterocycles. The third kappa shape index (κ3) is 2.25. The maximum atomic E-state index is 4.69. The molecule has 102 valence electrons. The van der Waals surface area contributed by atoms with Gasteiger partial charge in [0.25, 0.3) is 0 Å². The topological polar surface area (TPSA) is 50.7 Å². The predicted octanol–water partition coefficient (Wildman–Crippen LogP) is 3.80. The summed E-state index contributed by atoms with van der Waals surface area (Å²) in [5, 5.41) is 7.41. The number of rotatable bonds is 3. The maximum absolute atomic E-state index is 4.69. The quantitative estimate of drug-likeness (QED) is 0.794. The monoisotopic (exact) mass is 284 g/mol. The van der Waals surface area contributed by atoms with Crippen LogP contribution >= 0.6 is 11.3 Å². The summed E-state index contributed by atoms with van der Waals surface area (Å²) >= 11 is 1.62. The minimum atomic E-state index is 0.687. The Hall–Kier alpha value is -2.01. The van der Waals surface area contributed by atoms with Gasteiger partial charge < -0.3 is 5.32 Å². The molecule has 0 bridgehead atoms. The summed E-state index contributed by atoms with van der Waals surface area (Å²) in [6.07, 6.45) is 0. The van der Waals surface area contributed by atoms with Crippen LogP contribution in [0, 0.1) is 13.8 Å². The first-order chi connectivity index (χ1) is 9.69. The molecule has 3 rings (SSSR count). The van der Waals surface area contributed by atoms with Crippen LogP contribution in [0.1, 0.15) is 17.5 Å². The second-order valence-electron chi connectivity index (χ2n) is 4.65. The highest BCUT2D eigenvalue weighted by Gasteiger charge is 2.12. The first-order valence-corrected chi connectivity index (χ1v) is 7.50. The van der Waals surface area contributed by atoms with E-state index in [-0.39, 0.29) is 0 Å². The van der Waals surface area contributed by atoms with Crippen molar-refractivity contribution in [2.24, 2.45) is 0 Å². The number of para-hydroxylation sites is 1. The van der Waals surface area contributed by atoms with Crippen molar-refractivity contribution in [3.63, 3.8) is 0 Å². The molecule has 0 radical (unpaired) electrons. The second-order valence-corrected chi connectivity index (χ2v) is 5.71. The molecule has 1 N–H and O–H groups in total. The summed E-state index contributed by atoms with van der Waals surface area (Å²) in [6.45, 7) is 6.96. The number of benzene rings is 1. The average Bonchev–Trinajstić information content (AvgIpc) is 2.87. The lowest BCUT2D eigenvalue weighted by molar-refractivity contribution is 1.13. The van der Waals surface area contributed by atoms with Crippen molar-refractivity contribution in [2.45, 2.75) is 20.8 Å². The van der Waals surface area contributed by atoms with Gasteiger partial charge in [-0.2, -0.15) is 0 Å². The minimum Gasteiger partial charge on any atom is -0.370 e. The molecule has 0 unspecified atom stereocenters. The van der Waals surface area contributed by atoms with Crippen LogP contribution in [0.3, 0.4) is 0 Å². The lowest BCUT2D eigenvalue weighted by Crippen LogP contribution is -2.03. The molecule has 4 nitrogen and oxygen atoms in total. The number of hydrogen-bond donors (Lipinski definition) is 1. The van der Waals surface area contributed by atoms with Crippen molar-refractivity contribution in [3.05, 3.63) is 34.2 Å². The van der Waals surface area contributed by atoms with Crippen molar-refractivity contribution < 1.29 is 0 Å². The van der Waals surface area contributed by atoms with E-state index in [1.165, 1.54) is 0 Å². The van der Waals surface area contributed by atoms with Gasteiger partial charge in [-0.3, -0.25) is 0 Å². The standard InChI is InChI=1S/C15H16N4S/c1-4-16-14-11-7-5-6-9(2)13(11)18-15(19-14)12-8-20-10(3)17-12/h5-8H,4H2,1-3H3,(H,16,18,19). The molecule has 1 aromatic carbocycles. The second kappa shape index (κ2) is 5.17. The molecule has 0 amide bonds. The Morgan fingerprint density at radius 2 is 2.00 bits per heavy atom. The zero-order valence-electron chi connectivity index (χ0n) is 11.8. The molecule has 3 aromatic rings. The number of anilines is 1. The molecule has 0 spiro atoms. The van der Waals surface area contributed by atoms with E-state index in [1.807, 2.05) is 18.4 Å². The fraction of sp³-hybridized carbons (Fsp3) is 0.267. The Morgan fingerprint density at radius 3 is 2.70 bits per heavy atom. The Balaban J connectivity index is 2.26. The molecule has 20 heavy (non-hydrogen) atoms. The average molecular weight is 284 g/mol. The summed E-state index contributed by atoms with van der Waals surface area (Å²) in [5.74, 6) is 1.56. The summed E-state index contributed by atoms with van der Waals surface area (Å²) in [6, 6.07) is 6.16. The zero-order chi connectivity index (χ0) is 14.1. The van der Waals surface area contributed by atoms with Gasteiger partial charge in [-0.1, -0.05) is 12.1 Å². The normalized spacial score (nSPS) is 10.9. The number of aromatic nitrogens is 3. The van der Waals surface area contributed by atoms with Crippen LogP contribution in [0.2, 0.25) is 0 Å². The number of nitrogens with one attached hydrogen (secondary N) is 1. The highest BCUT2D eigenvalue weighted by atomic mass is 32.1. The van der Waals surface area contributed by atoms with E-state index in [0.29, 0.717) is 5.82 Å². The molecular formula is C15H16N4S. The van der Waals surface area contributed by atoms with Gasteiger partial charge in [0.15, 0.2) is 5.82 Å². The van der Waals surface area contributed by atoms with Gasteiger partial charge in [-0.25, -0.2) is 15.0 Å². The summed E-state index contributed by atoms with van der Waals surface area (Å²) in [7, 11) is 0. The fourth-order valence-electron chi connectivity index (χ4n) is 2.18. The van der Waals surface area contributed by atoms with Gasteiger partial charge in [-0.15, -0.1) is 11.3 Å². The first-order valence-electron chi connectivity index (χ1n) is 6.62. The molecular weight excluding hydrogens is 268 g/mol. The number of thiazole rings is 1. The third-order valence-electron chi connectivity index (χ3n) is 3.12. The lowest BCUT2D eigenvalue weighted by atomic mass is 10.1. The van der Waals surface area contributed by atoms with Crippen molar-refractivity contribution in [1.29, 1.82) is 0 Å². The lowest BCUT2D eigenvalue weighted by Gasteiger charge is -2.10. The van der Waals surface area contributed by atoms with Gasteiger partial charge in [0.1, 0.15) is 11.5 Å². The number of hydrogen-bond acceptors (Lipinski definition) is 5. The summed E-state index contributed by atoms with van der Waals surface area (Å²) < 4.78 is 0. The Morgan fingerprint density at radius 1 is 1.15 bits per heavy atom. The van der Waals surface area contributed by atoms with Gasteiger partial charge in [0, 0.05) is 17.3 Å². The van der Waals surface area contributed by atoms with Gasteiger partial charge in [0.2, 0.25) is 0 Å². The number of fused-ring (bicyclic) bond motifs is 1. The maximum Gasteiger partial charge on any atom is 0.181 e. The van der Waals surface area contributed by atoms with Crippen LogP contribution in [0.15, 0.2) is 23.6 Å². The molecule has 2 aromatic heterocycles. The van der Waals surface area contributed by atoms with Gasteiger partial charge in [0.05, 0.1) is 10.5 Å². The van der Waals surface area contributed by atoms with E-state index < -0.39 is 0 Å². The van der Waals surface area contributed by atoms with Crippen LogP contribution in [0.4, 0.5) is 5.82 Å². The predicted molar refractivity (Wildman–Crippen MR) is 84.3 cm³/mol. The van der Waals surface area contributed by atoms with E-state index in [0.717, 1.165) is 39.5 Å². The van der Waals surface area contributed by atoms with Crippen molar-refractivity contribution in [2.75, 3.05) is 11.9 Å². The molecule has 0 aliphatic heterocycles. The third-order valence-corrected chi connectivity index (χ3v) is 3.89. The Labute approximate surface area is 121 Å². The van der Waals surface area contributed by atoms with E-state index >= 15 is 0 Å². The van der Waals surface area contributed by atoms with E-state index in [4.69, 9.17) is 4.98 Å². The van der Waals surface area contributed by atoms with Crippen LogP contribution in [0.5, 0.6) is 0 Å². The first kappa shape index (κ1) is 13.0. The van der Waals surface area contributed by atoms with Crippen molar-refractivity contribution in [1.82, 2.24) is 15.0 Å². The summed E-state index contributed by atoms with van der Waals surface area (Å²) in [5.41, 5.74) is 2.98. The minimum absolute atomic E-state index is 0.687. The van der Waals surface area contributed by atoms with E-state index in [1.54, 1.807) is 11.3 Å². The van der Waals surface area contributed by atoms with Crippen molar-refractivity contribution >= 4 is 28.1 Å². The molecule has 0 fully saturated rings. The molecule has 0 saturated heterocycles. The zero-order valence-corrected chi connectivity index (χ0v) is 12.6. The molecule has 0 saturated carbocycles. The van der Waals surface area contributed by atoms with Gasteiger partial charge >= 0.3 is 0 Å². The smallest absolute Gasteiger partial charge is 0.181 e. The van der Waals surface area contributed by atoms with Crippen LogP contribution in [0.25, 0.3) is 22.4 Å². The largest absolute Gasteiger partial charge is 0.370 e. The Kier molecular flexibility index (Phi) is 3.36. The summed E-state index contributed by atoms with van der Waals surface area (Å²) in [4.78, 5) is 13.8. The molecule has 0 aliphatic rings. The molecule has 0 aliphatic carbocycles. The highest BCUT2D eigenvalue weighted by molar-refractivity contribution is 7.09. The van der Waals surface area contributed by atoms with Crippen LogP contribution in [-0.4, -0.2) is 21.5 Å². The van der Waals surface area contributed by atoms with Crippen molar-refractivity contribution in [3.8, 4) is 11.5 Å². The molecule has 5 heteroatoms. The van der Waals surface area contributed by atoms with Gasteiger partial charge in [-0.05, 0) is 32.4 Å². The van der Waals surface area contributed by atoms with Crippen LogP contribution < -0.4 is 5.32 Å². The highest BCUT2D eigenvalue weighted by Crippen LogP contribution is 2.27. The Bertz CT molecular complexity index is 764. The number of nitrogens with zero attached hydrogens (tertiary/aromatic N) is 3. The number of aryl methyl sites for hydroxylation is 2. The fourth-order valence-corrected chi connectivity index (χ4v) is 2.77. The van der Waals surface area contributed by atoms with E-state index in [2.05, 4.69) is 41.3 Å². The molecule has 0 atom stereocenters.